The normalized spacial score (nSPS) is 18.4. The molecule has 0 bridgehead atoms. The van der Waals surface area contributed by atoms with Crippen molar-refractivity contribution in [3.8, 4) is 0 Å². The predicted molar refractivity (Wildman–Crippen MR) is 94.8 cm³/mol. The fraction of sp³-hybridized carbons (Fsp3) is 0.556. The Bertz CT molecular complexity index is 526. The predicted octanol–water partition coefficient (Wildman–Crippen LogP) is 2.67. The van der Waals surface area contributed by atoms with Crippen LogP contribution in [0.15, 0.2) is 30.5 Å². The first-order valence-electron chi connectivity index (χ1n) is 8.39. The van der Waals surface area contributed by atoms with E-state index in [1.165, 1.54) is 25.8 Å². The van der Waals surface area contributed by atoms with Crippen LogP contribution in [0.2, 0.25) is 0 Å². The average Bonchev–Trinajstić information content (AvgIpc) is 2.55. The van der Waals surface area contributed by atoms with Crippen LogP contribution in [-0.2, 0) is 0 Å². The summed E-state index contributed by atoms with van der Waals surface area (Å²) in [6, 6.07) is 4.22. The Hall–Kier alpha value is -1.88. The fourth-order valence-corrected chi connectivity index (χ4v) is 2.84. The van der Waals surface area contributed by atoms with E-state index in [9.17, 15) is 4.79 Å². The van der Waals surface area contributed by atoms with Crippen molar-refractivity contribution in [2.75, 3.05) is 32.0 Å². The molecule has 1 atom stereocenters. The molecule has 5 heteroatoms. The molecule has 1 saturated heterocycles. The molecule has 1 fully saturated rings. The molecule has 0 unspecified atom stereocenters. The highest BCUT2D eigenvalue weighted by Crippen LogP contribution is 2.17. The van der Waals surface area contributed by atoms with Gasteiger partial charge >= 0.3 is 0 Å². The number of amides is 1. The number of carbonyl (C=O) groups is 1. The standard InChI is InChI=1S/C18H28N4O/c1-14(2)12-20-17-8-7-15(13-21-17)18(23)19-10-9-16-6-4-5-11-22(16)3/h7-8,13,16H,1,4-6,9-12H2,2-3H3,(H,19,23)(H,20,21)/t16-/m1/s1. The molecule has 0 aromatic carbocycles. The highest BCUT2D eigenvalue weighted by Gasteiger charge is 2.18. The molecular formula is C18H28N4O. The maximum Gasteiger partial charge on any atom is 0.252 e. The summed E-state index contributed by atoms with van der Waals surface area (Å²) in [5.74, 6) is 0.704. The number of hydrogen-bond acceptors (Lipinski definition) is 4. The summed E-state index contributed by atoms with van der Waals surface area (Å²) in [4.78, 5) is 18.8. The first kappa shape index (κ1) is 17.5. The zero-order chi connectivity index (χ0) is 16.7. The average molecular weight is 316 g/mol. The van der Waals surface area contributed by atoms with Gasteiger partial charge in [0.05, 0.1) is 5.56 Å². The summed E-state index contributed by atoms with van der Waals surface area (Å²) < 4.78 is 0. The summed E-state index contributed by atoms with van der Waals surface area (Å²) in [6.45, 7) is 8.36. The Morgan fingerprint density at radius 3 is 2.91 bits per heavy atom. The van der Waals surface area contributed by atoms with Gasteiger partial charge in [0.25, 0.3) is 5.91 Å². The molecule has 0 saturated carbocycles. The molecule has 1 aliphatic heterocycles. The van der Waals surface area contributed by atoms with Gasteiger partial charge in [-0.2, -0.15) is 0 Å². The molecular weight excluding hydrogens is 288 g/mol. The molecule has 1 amide bonds. The number of nitrogens with one attached hydrogen (secondary N) is 2. The number of pyridine rings is 1. The van der Waals surface area contributed by atoms with E-state index >= 15 is 0 Å². The molecule has 0 aliphatic carbocycles. The molecule has 0 radical (unpaired) electrons. The van der Waals surface area contributed by atoms with Crippen molar-refractivity contribution in [1.82, 2.24) is 15.2 Å². The first-order valence-corrected chi connectivity index (χ1v) is 8.39. The van der Waals surface area contributed by atoms with Crippen molar-refractivity contribution in [3.05, 3.63) is 36.0 Å². The van der Waals surface area contributed by atoms with Gasteiger partial charge in [0.15, 0.2) is 0 Å². The summed E-state index contributed by atoms with van der Waals surface area (Å²) in [7, 11) is 2.17. The van der Waals surface area contributed by atoms with Crippen LogP contribution in [0.4, 0.5) is 5.82 Å². The third-order valence-electron chi connectivity index (χ3n) is 4.28. The Labute approximate surface area is 139 Å². The van der Waals surface area contributed by atoms with Gasteiger partial charge in [0.1, 0.15) is 5.82 Å². The van der Waals surface area contributed by atoms with Crippen molar-refractivity contribution in [2.24, 2.45) is 0 Å². The molecule has 126 valence electrons. The number of rotatable bonds is 7. The van der Waals surface area contributed by atoms with E-state index in [0.717, 1.165) is 17.8 Å². The Morgan fingerprint density at radius 2 is 2.26 bits per heavy atom. The van der Waals surface area contributed by atoms with Crippen molar-refractivity contribution < 1.29 is 4.79 Å². The molecule has 0 spiro atoms. The maximum absolute atomic E-state index is 12.1. The van der Waals surface area contributed by atoms with Crippen LogP contribution >= 0.6 is 0 Å². The van der Waals surface area contributed by atoms with Crippen molar-refractivity contribution in [2.45, 2.75) is 38.6 Å². The lowest BCUT2D eigenvalue weighted by Crippen LogP contribution is -2.39. The fourth-order valence-electron chi connectivity index (χ4n) is 2.84. The second kappa shape index (κ2) is 8.67. The van der Waals surface area contributed by atoms with Crippen LogP contribution < -0.4 is 10.6 Å². The van der Waals surface area contributed by atoms with Crippen molar-refractivity contribution in [1.29, 1.82) is 0 Å². The summed E-state index contributed by atoms with van der Waals surface area (Å²) >= 11 is 0. The van der Waals surface area contributed by atoms with E-state index in [1.807, 2.05) is 13.0 Å². The lowest BCUT2D eigenvalue weighted by Gasteiger charge is -2.32. The third kappa shape index (κ3) is 5.67. The molecule has 1 aromatic heterocycles. The zero-order valence-electron chi connectivity index (χ0n) is 14.3. The van der Waals surface area contributed by atoms with Gasteiger partial charge in [0, 0.05) is 25.3 Å². The van der Waals surface area contributed by atoms with Crippen molar-refractivity contribution >= 4 is 11.7 Å². The van der Waals surface area contributed by atoms with Crippen LogP contribution in [0.3, 0.4) is 0 Å². The van der Waals surface area contributed by atoms with Gasteiger partial charge in [-0.15, -0.1) is 0 Å². The monoisotopic (exact) mass is 316 g/mol. The van der Waals surface area contributed by atoms with Crippen LogP contribution in [0.25, 0.3) is 0 Å². The van der Waals surface area contributed by atoms with Gasteiger partial charge < -0.3 is 15.5 Å². The zero-order valence-corrected chi connectivity index (χ0v) is 14.3. The van der Waals surface area contributed by atoms with Gasteiger partial charge in [0.2, 0.25) is 0 Å². The SMILES string of the molecule is C=C(C)CNc1ccc(C(=O)NCC[C@H]2CCCCN2C)cn1. The first-order chi connectivity index (χ1) is 11.1. The Balaban J connectivity index is 1.75. The number of piperidine rings is 1. The minimum atomic E-state index is -0.0533. The van der Waals surface area contributed by atoms with E-state index in [4.69, 9.17) is 0 Å². The maximum atomic E-state index is 12.1. The number of hydrogen-bond donors (Lipinski definition) is 2. The smallest absolute Gasteiger partial charge is 0.252 e. The van der Waals surface area contributed by atoms with E-state index in [-0.39, 0.29) is 5.91 Å². The lowest BCUT2D eigenvalue weighted by atomic mass is 10.0. The Kier molecular flexibility index (Phi) is 6.59. The van der Waals surface area contributed by atoms with Gasteiger partial charge in [-0.1, -0.05) is 18.6 Å². The second-order valence-corrected chi connectivity index (χ2v) is 6.42. The van der Waals surface area contributed by atoms with E-state index in [0.29, 0.717) is 24.7 Å². The van der Waals surface area contributed by atoms with E-state index in [2.05, 4.69) is 34.1 Å². The molecule has 2 heterocycles. The molecule has 23 heavy (non-hydrogen) atoms. The highest BCUT2D eigenvalue weighted by molar-refractivity contribution is 5.94. The van der Waals surface area contributed by atoms with Crippen LogP contribution in [0, 0.1) is 0 Å². The van der Waals surface area contributed by atoms with Gasteiger partial charge in [-0.25, -0.2) is 4.98 Å². The van der Waals surface area contributed by atoms with E-state index < -0.39 is 0 Å². The third-order valence-corrected chi connectivity index (χ3v) is 4.28. The molecule has 1 aromatic rings. The summed E-state index contributed by atoms with van der Waals surface area (Å²) in [5.41, 5.74) is 1.64. The van der Waals surface area contributed by atoms with Crippen LogP contribution in [-0.4, -0.2) is 48.5 Å². The summed E-state index contributed by atoms with van der Waals surface area (Å²) in [6.07, 6.45) is 6.44. The molecule has 5 nitrogen and oxygen atoms in total. The van der Waals surface area contributed by atoms with Crippen molar-refractivity contribution in [3.63, 3.8) is 0 Å². The van der Waals surface area contributed by atoms with E-state index in [1.54, 1.807) is 12.3 Å². The number of carbonyl (C=O) groups excluding carboxylic acids is 1. The largest absolute Gasteiger partial charge is 0.366 e. The number of nitrogens with zero attached hydrogens (tertiary/aromatic N) is 2. The topological polar surface area (TPSA) is 57.3 Å². The lowest BCUT2D eigenvalue weighted by molar-refractivity contribution is 0.0945. The number of anilines is 1. The molecule has 1 aliphatic rings. The quantitative estimate of drug-likeness (QED) is 0.759. The molecule has 2 N–H and O–H groups in total. The summed E-state index contributed by atoms with van der Waals surface area (Å²) in [5, 5.41) is 6.15. The number of aromatic nitrogens is 1. The minimum Gasteiger partial charge on any atom is -0.366 e. The second-order valence-electron chi connectivity index (χ2n) is 6.42. The van der Waals surface area contributed by atoms with Gasteiger partial charge in [-0.3, -0.25) is 4.79 Å². The minimum absolute atomic E-state index is 0.0533. The highest BCUT2D eigenvalue weighted by atomic mass is 16.1. The van der Waals surface area contributed by atoms with Crippen LogP contribution in [0.5, 0.6) is 0 Å². The number of likely N-dealkylation sites (tertiary alicyclic amines) is 1. The Morgan fingerprint density at radius 1 is 1.43 bits per heavy atom. The van der Waals surface area contributed by atoms with Gasteiger partial charge in [-0.05, 0) is 51.9 Å². The molecule has 2 rings (SSSR count). The van der Waals surface area contributed by atoms with Crippen LogP contribution in [0.1, 0.15) is 43.0 Å².